The molecule has 0 unspecified atom stereocenters. The van der Waals surface area contributed by atoms with E-state index in [1.165, 1.54) is 37.3 Å². The van der Waals surface area contributed by atoms with E-state index in [1.807, 2.05) is 0 Å². The van der Waals surface area contributed by atoms with E-state index in [2.05, 4.69) is 39.3 Å². The fraction of sp³-hybridized carbons (Fsp3) is 0.310. The van der Waals surface area contributed by atoms with Crippen molar-refractivity contribution in [3.05, 3.63) is 68.8 Å². The maximum absolute atomic E-state index is 13.4. The van der Waals surface area contributed by atoms with E-state index in [0.29, 0.717) is 27.5 Å². The largest absolute Gasteiger partial charge is 0.478 e. The van der Waals surface area contributed by atoms with E-state index < -0.39 is 23.4 Å². The minimum absolute atomic E-state index is 0.206. The van der Waals surface area contributed by atoms with Crippen LogP contribution < -0.4 is 15.4 Å². The molecule has 41 heavy (non-hydrogen) atoms. The normalized spacial score (nSPS) is 13.7. The lowest BCUT2D eigenvalue weighted by atomic mass is 10.1. The highest BCUT2D eigenvalue weighted by atomic mass is 35.5. The van der Waals surface area contributed by atoms with Gasteiger partial charge in [0.15, 0.2) is 10.6 Å². The molecule has 0 saturated heterocycles. The first-order valence-corrected chi connectivity index (χ1v) is 14.3. The second-order valence-electron chi connectivity index (χ2n) is 10.7. The van der Waals surface area contributed by atoms with Gasteiger partial charge >= 0.3 is 5.97 Å². The van der Waals surface area contributed by atoms with E-state index >= 15 is 0 Å². The SMILES string of the molecule is CC(C)N1CCc2nc(C(=O)Nc3cc(OC(C)(C)C(=O)O)ccc3NC(=O)c3cc4cc(Cl)ccc4[nH]3)sc2C1. The summed E-state index contributed by atoms with van der Waals surface area (Å²) >= 11 is 7.43. The van der Waals surface area contributed by atoms with Crippen molar-refractivity contribution in [2.75, 3.05) is 17.2 Å². The number of hydrogen-bond acceptors (Lipinski definition) is 7. The third-order valence-electron chi connectivity index (χ3n) is 6.89. The molecule has 1 aliphatic heterocycles. The zero-order chi connectivity index (χ0) is 29.5. The fourth-order valence-electron chi connectivity index (χ4n) is 4.48. The van der Waals surface area contributed by atoms with Gasteiger partial charge in [-0.05, 0) is 64.1 Å². The third-order valence-corrected chi connectivity index (χ3v) is 8.20. The lowest BCUT2D eigenvalue weighted by molar-refractivity contribution is -0.152. The molecule has 0 aliphatic carbocycles. The van der Waals surface area contributed by atoms with Crippen LogP contribution in [0.5, 0.6) is 5.75 Å². The highest BCUT2D eigenvalue weighted by Crippen LogP contribution is 2.32. The lowest BCUT2D eigenvalue weighted by Crippen LogP contribution is -2.37. The molecule has 2 aromatic heterocycles. The molecule has 214 valence electrons. The second kappa shape index (κ2) is 11.2. The highest BCUT2D eigenvalue weighted by molar-refractivity contribution is 7.13. The molecule has 0 fully saturated rings. The van der Waals surface area contributed by atoms with Gasteiger partial charge in [0.1, 0.15) is 11.4 Å². The Hall–Kier alpha value is -3.93. The van der Waals surface area contributed by atoms with Gasteiger partial charge in [-0.15, -0.1) is 11.3 Å². The quantitative estimate of drug-likeness (QED) is 0.202. The maximum atomic E-state index is 13.4. The van der Waals surface area contributed by atoms with Crippen molar-refractivity contribution in [1.82, 2.24) is 14.9 Å². The number of amides is 2. The summed E-state index contributed by atoms with van der Waals surface area (Å²) in [6.45, 7) is 8.74. The van der Waals surface area contributed by atoms with Crippen LogP contribution in [0.1, 0.15) is 58.6 Å². The first kappa shape index (κ1) is 28.6. The van der Waals surface area contributed by atoms with Crippen LogP contribution in [0.15, 0.2) is 42.5 Å². The molecule has 12 heteroatoms. The van der Waals surface area contributed by atoms with Crippen LogP contribution in [0.3, 0.4) is 0 Å². The first-order chi connectivity index (χ1) is 19.4. The van der Waals surface area contributed by atoms with Crippen molar-refractivity contribution in [3.63, 3.8) is 0 Å². The number of aromatic amines is 1. The summed E-state index contributed by atoms with van der Waals surface area (Å²) in [5.41, 5.74) is 0.982. The van der Waals surface area contributed by atoms with Gasteiger partial charge in [0.25, 0.3) is 11.8 Å². The number of H-pyrrole nitrogens is 1. The number of carbonyl (C=O) groups is 3. The second-order valence-corrected chi connectivity index (χ2v) is 12.2. The zero-order valence-electron chi connectivity index (χ0n) is 23.0. The Morgan fingerprint density at radius 2 is 1.85 bits per heavy atom. The Balaban J connectivity index is 1.42. The number of rotatable bonds is 8. The van der Waals surface area contributed by atoms with Crippen LogP contribution in [0.2, 0.25) is 5.02 Å². The molecule has 4 N–H and O–H groups in total. The highest BCUT2D eigenvalue weighted by Gasteiger charge is 2.30. The molecule has 2 aromatic carbocycles. The van der Waals surface area contributed by atoms with E-state index in [0.717, 1.165) is 41.0 Å². The van der Waals surface area contributed by atoms with Crippen LogP contribution in [-0.2, 0) is 17.8 Å². The molecule has 0 radical (unpaired) electrons. The molecular formula is C29H30ClN5O5S. The van der Waals surface area contributed by atoms with Gasteiger partial charge in [-0.2, -0.15) is 0 Å². The van der Waals surface area contributed by atoms with Gasteiger partial charge < -0.3 is 25.5 Å². The molecule has 1 aliphatic rings. The number of aromatic nitrogens is 2. The zero-order valence-corrected chi connectivity index (χ0v) is 24.6. The van der Waals surface area contributed by atoms with Gasteiger partial charge in [0, 0.05) is 52.4 Å². The summed E-state index contributed by atoms with van der Waals surface area (Å²) in [5.74, 6) is -1.82. The predicted octanol–water partition coefficient (Wildman–Crippen LogP) is 5.79. The molecular weight excluding hydrogens is 566 g/mol. The maximum Gasteiger partial charge on any atom is 0.347 e. The van der Waals surface area contributed by atoms with Crippen LogP contribution in [-0.4, -0.2) is 55.9 Å². The van der Waals surface area contributed by atoms with Gasteiger partial charge in [0.2, 0.25) is 0 Å². The number of ether oxygens (including phenoxy) is 1. The van der Waals surface area contributed by atoms with Crippen molar-refractivity contribution in [2.45, 2.75) is 52.3 Å². The number of carbonyl (C=O) groups excluding carboxylic acids is 2. The number of thiazole rings is 1. The van der Waals surface area contributed by atoms with E-state index in [4.69, 9.17) is 16.3 Å². The van der Waals surface area contributed by atoms with Crippen LogP contribution in [0, 0.1) is 0 Å². The summed E-state index contributed by atoms with van der Waals surface area (Å²) in [6, 6.07) is 11.9. The number of carboxylic acids is 1. The number of nitrogens with zero attached hydrogens (tertiary/aromatic N) is 2. The molecule has 10 nitrogen and oxygen atoms in total. The molecule has 0 bridgehead atoms. The Kier molecular flexibility index (Phi) is 7.78. The van der Waals surface area contributed by atoms with Gasteiger partial charge in [0.05, 0.1) is 17.1 Å². The lowest BCUT2D eigenvalue weighted by Gasteiger charge is -2.29. The Morgan fingerprint density at radius 3 is 2.59 bits per heavy atom. The summed E-state index contributed by atoms with van der Waals surface area (Å²) in [6.07, 6.45) is 0.766. The van der Waals surface area contributed by atoms with E-state index in [1.54, 1.807) is 30.3 Å². The fourth-order valence-corrected chi connectivity index (χ4v) is 5.69. The number of aliphatic carboxylic acids is 1. The predicted molar refractivity (Wildman–Crippen MR) is 159 cm³/mol. The standard InChI is InChI=1S/C29H30ClN5O5S/c1-15(2)35-10-9-21-24(14-35)41-27(34-21)26(37)33-22-13-18(40-29(3,4)28(38)39)6-8-20(22)32-25(36)23-12-16-11-17(30)5-7-19(16)31-23/h5-8,11-13,15,31H,9-10,14H2,1-4H3,(H,32,36)(H,33,37)(H,38,39). The molecule has 0 atom stereocenters. The van der Waals surface area contributed by atoms with Gasteiger partial charge in [-0.25, -0.2) is 9.78 Å². The van der Waals surface area contributed by atoms with Crippen molar-refractivity contribution < 1.29 is 24.2 Å². The molecule has 3 heterocycles. The number of hydrogen-bond donors (Lipinski definition) is 4. The molecule has 2 amide bonds. The summed E-state index contributed by atoms with van der Waals surface area (Å²) in [7, 11) is 0. The minimum atomic E-state index is -1.52. The number of carboxylic acid groups (broad SMARTS) is 1. The summed E-state index contributed by atoms with van der Waals surface area (Å²) < 4.78 is 5.69. The monoisotopic (exact) mass is 595 g/mol. The van der Waals surface area contributed by atoms with E-state index in [9.17, 15) is 19.5 Å². The Labute approximate surface area is 245 Å². The first-order valence-electron chi connectivity index (χ1n) is 13.1. The number of benzene rings is 2. The van der Waals surface area contributed by atoms with Crippen molar-refractivity contribution in [2.24, 2.45) is 0 Å². The van der Waals surface area contributed by atoms with Crippen molar-refractivity contribution in [3.8, 4) is 5.75 Å². The molecule has 0 spiro atoms. The van der Waals surface area contributed by atoms with Crippen molar-refractivity contribution in [1.29, 1.82) is 0 Å². The molecule has 0 saturated carbocycles. The summed E-state index contributed by atoms with van der Waals surface area (Å²) in [4.78, 5) is 49.2. The Morgan fingerprint density at radius 1 is 1.10 bits per heavy atom. The van der Waals surface area contributed by atoms with Crippen LogP contribution in [0.4, 0.5) is 11.4 Å². The van der Waals surface area contributed by atoms with Gasteiger partial charge in [-0.1, -0.05) is 11.6 Å². The van der Waals surface area contributed by atoms with E-state index in [-0.39, 0.29) is 11.4 Å². The number of anilines is 2. The number of nitrogens with one attached hydrogen (secondary N) is 3. The average Bonchev–Trinajstić information content (AvgIpc) is 3.53. The van der Waals surface area contributed by atoms with Crippen LogP contribution in [0.25, 0.3) is 10.9 Å². The van der Waals surface area contributed by atoms with Gasteiger partial charge in [-0.3, -0.25) is 14.5 Å². The topological polar surface area (TPSA) is 137 Å². The average molecular weight is 596 g/mol. The number of halogens is 1. The minimum Gasteiger partial charge on any atom is -0.478 e. The third kappa shape index (κ3) is 6.22. The summed E-state index contributed by atoms with van der Waals surface area (Å²) in [5, 5.41) is 16.8. The molecule has 5 rings (SSSR count). The Bertz CT molecular complexity index is 1660. The number of fused-ring (bicyclic) bond motifs is 2. The molecule has 4 aromatic rings. The van der Waals surface area contributed by atoms with Crippen LogP contribution >= 0.6 is 22.9 Å². The van der Waals surface area contributed by atoms with Crippen molar-refractivity contribution >= 4 is 63.0 Å². The smallest absolute Gasteiger partial charge is 0.347 e.